The number of hydrogen-bond donors (Lipinski definition) is 1. The first-order chi connectivity index (χ1) is 8.58. The average molecular weight is 273 g/mol. The Morgan fingerprint density at radius 2 is 2.06 bits per heavy atom. The van der Waals surface area contributed by atoms with E-state index in [0.29, 0.717) is 5.69 Å². The van der Waals surface area contributed by atoms with Gasteiger partial charge in [0.2, 0.25) is 5.70 Å². The highest BCUT2D eigenvalue weighted by atomic mass is 35.5. The molecule has 18 heavy (non-hydrogen) atoms. The second kappa shape index (κ2) is 6.70. The Labute approximate surface area is 108 Å². The molecule has 1 aromatic rings. The molecular weight excluding hydrogens is 263 g/mol. The van der Waals surface area contributed by atoms with Gasteiger partial charge >= 0.3 is 5.97 Å². The van der Waals surface area contributed by atoms with E-state index in [1.54, 1.807) is 0 Å². The van der Waals surface area contributed by atoms with Crippen LogP contribution >= 0.6 is 11.6 Å². The van der Waals surface area contributed by atoms with Gasteiger partial charge in [0.1, 0.15) is 11.6 Å². The van der Waals surface area contributed by atoms with Crippen molar-refractivity contribution in [2.45, 2.75) is 0 Å². The van der Waals surface area contributed by atoms with Crippen LogP contribution in [0.3, 0.4) is 0 Å². The van der Waals surface area contributed by atoms with Crippen molar-refractivity contribution in [3.63, 3.8) is 0 Å². The maximum atomic E-state index is 12.6. The third kappa shape index (κ3) is 3.81. The highest BCUT2D eigenvalue weighted by molar-refractivity contribution is 6.19. The summed E-state index contributed by atoms with van der Waals surface area (Å²) in [4.78, 5) is 11.3. The predicted octanol–water partition coefficient (Wildman–Crippen LogP) is 3.09. The normalized spacial score (nSPS) is 12.4. The highest BCUT2D eigenvalue weighted by Gasteiger charge is 2.15. The first-order valence-corrected chi connectivity index (χ1v) is 5.35. The summed E-state index contributed by atoms with van der Waals surface area (Å²) >= 11 is 5.38. The Hall–Kier alpha value is -1.95. The Morgan fingerprint density at radius 1 is 1.44 bits per heavy atom. The fraction of sp³-hybridized carbons (Fsp3) is 0.182. The summed E-state index contributed by atoms with van der Waals surface area (Å²) < 4.78 is 17.1. The average Bonchev–Trinajstić information content (AvgIpc) is 2.40. The molecule has 0 saturated heterocycles. The van der Waals surface area contributed by atoms with Gasteiger partial charge in [-0.25, -0.2) is 9.18 Å². The number of allylic oxidation sites excluding steroid dienone is 1. The van der Waals surface area contributed by atoms with Gasteiger partial charge < -0.3 is 9.84 Å². The largest absolute Gasteiger partial charge is 0.508 e. The number of benzene rings is 1. The van der Waals surface area contributed by atoms with Crippen LogP contribution < -0.4 is 0 Å². The molecule has 0 heterocycles. The second-order valence-electron chi connectivity index (χ2n) is 3.10. The van der Waals surface area contributed by atoms with Gasteiger partial charge in [-0.05, 0) is 24.3 Å². The summed E-state index contributed by atoms with van der Waals surface area (Å²) in [5.41, 5.74) is -0.0722. The van der Waals surface area contributed by atoms with E-state index in [0.717, 1.165) is 7.11 Å². The molecule has 96 valence electrons. The molecule has 0 aliphatic carbocycles. The van der Waals surface area contributed by atoms with Crippen molar-refractivity contribution in [3.05, 3.63) is 41.5 Å². The zero-order valence-electron chi connectivity index (χ0n) is 9.43. The lowest BCUT2D eigenvalue weighted by Crippen LogP contribution is -2.06. The molecule has 0 saturated carbocycles. The molecule has 1 N–H and O–H groups in total. The molecule has 0 aliphatic heterocycles. The van der Waals surface area contributed by atoms with Gasteiger partial charge in [-0.15, -0.1) is 16.7 Å². The number of halogens is 2. The number of alkyl halides is 1. The summed E-state index contributed by atoms with van der Waals surface area (Å²) in [6.07, 6.45) is 0. The smallest absolute Gasteiger partial charge is 0.362 e. The predicted molar refractivity (Wildman–Crippen MR) is 63.3 cm³/mol. The third-order valence-corrected chi connectivity index (χ3v) is 2.12. The molecule has 0 aromatic heterocycles. The molecular formula is C11H10ClFN2O3. The number of aliphatic hydroxyl groups is 1. The number of carbonyl (C=O) groups excluding carboxylic acids is 1. The fourth-order valence-electron chi connectivity index (χ4n) is 0.992. The number of rotatable bonds is 4. The third-order valence-electron chi connectivity index (χ3n) is 1.87. The molecule has 1 aromatic carbocycles. The van der Waals surface area contributed by atoms with E-state index in [-0.39, 0.29) is 5.88 Å². The van der Waals surface area contributed by atoms with Gasteiger partial charge in [-0.3, -0.25) is 0 Å². The molecule has 7 heteroatoms. The number of carbonyl (C=O) groups is 1. The van der Waals surface area contributed by atoms with Gasteiger partial charge in [-0.1, -0.05) is 0 Å². The van der Waals surface area contributed by atoms with E-state index in [1.165, 1.54) is 24.3 Å². The molecule has 0 bridgehead atoms. The van der Waals surface area contributed by atoms with E-state index >= 15 is 0 Å². The van der Waals surface area contributed by atoms with Crippen molar-refractivity contribution in [1.82, 2.24) is 0 Å². The molecule has 0 amide bonds. The summed E-state index contributed by atoms with van der Waals surface area (Å²) in [5.74, 6) is -2.03. The molecule has 0 fully saturated rings. The lowest BCUT2D eigenvalue weighted by molar-refractivity contribution is -0.136. The van der Waals surface area contributed by atoms with Crippen LogP contribution in [0.1, 0.15) is 0 Å². The number of aliphatic hydroxyl groups excluding tert-OH is 1. The molecule has 0 unspecified atom stereocenters. The van der Waals surface area contributed by atoms with Crippen LogP contribution in [0.15, 0.2) is 46.0 Å². The summed E-state index contributed by atoms with van der Waals surface area (Å²) in [6, 6.07) is 5.12. The van der Waals surface area contributed by atoms with Crippen LogP contribution in [-0.2, 0) is 9.53 Å². The Bertz CT molecular complexity index is 486. The number of methoxy groups -OCH3 is 1. The van der Waals surface area contributed by atoms with Gasteiger partial charge in [0.05, 0.1) is 18.7 Å². The van der Waals surface area contributed by atoms with E-state index in [9.17, 15) is 14.3 Å². The summed E-state index contributed by atoms with van der Waals surface area (Å²) in [5, 5.41) is 16.6. The summed E-state index contributed by atoms with van der Waals surface area (Å²) in [7, 11) is 1.14. The van der Waals surface area contributed by atoms with E-state index < -0.39 is 23.2 Å². The minimum absolute atomic E-state index is 0.299. The maximum absolute atomic E-state index is 12.6. The molecule has 0 radical (unpaired) electrons. The topological polar surface area (TPSA) is 71.2 Å². The number of esters is 1. The SMILES string of the molecule is COC(=O)C(N=Nc1ccc(F)cc1)=C(O)CCl. The van der Waals surface area contributed by atoms with Crippen LogP contribution in [-0.4, -0.2) is 24.1 Å². The Balaban J connectivity index is 2.97. The van der Waals surface area contributed by atoms with Crippen LogP contribution in [0.2, 0.25) is 0 Å². The minimum atomic E-state index is -0.862. The van der Waals surface area contributed by atoms with Gasteiger partial charge in [0, 0.05) is 0 Å². The molecule has 0 spiro atoms. The number of hydrogen-bond acceptors (Lipinski definition) is 5. The lowest BCUT2D eigenvalue weighted by Gasteiger charge is -2.00. The first kappa shape index (κ1) is 14.1. The van der Waals surface area contributed by atoms with Gasteiger partial charge in [0.15, 0.2) is 0 Å². The van der Waals surface area contributed by atoms with Crippen molar-refractivity contribution in [3.8, 4) is 0 Å². The van der Waals surface area contributed by atoms with Crippen LogP contribution in [0.5, 0.6) is 0 Å². The van der Waals surface area contributed by atoms with Crippen LogP contribution in [0.4, 0.5) is 10.1 Å². The Morgan fingerprint density at radius 3 is 2.56 bits per heavy atom. The van der Waals surface area contributed by atoms with Crippen molar-refractivity contribution in [1.29, 1.82) is 0 Å². The highest BCUT2D eigenvalue weighted by Crippen LogP contribution is 2.16. The van der Waals surface area contributed by atoms with Crippen LogP contribution in [0, 0.1) is 5.82 Å². The first-order valence-electron chi connectivity index (χ1n) is 4.82. The number of nitrogens with zero attached hydrogens (tertiary/aromatic N) is 2. The van der Waals surface area contributed by atoms with Crippen LogP contribution in [0.25, 0.3) is 0 Å². The van der Waals surface area contributed by atoms with Crippen molar-refractivity contribution < 1.29 is 19.0 Å². The van der Waals surface area contributed by atoms with Crippen molar-refractivity contribution >= 4 is 23.3 Å². The van der Waals surface area contributed by atoms with E-state index in [1.807, 2.05) is 0 Å². The summed E-state index contributed by atoms with van der Waals surface area (Å²) in [6.45, 7) is 0. The zero-order valence-corrected chi connectivity index (χ0v) is 10.2. The van der Waals surface area contributed by atoms with E-state index in [4.69, 9.17) is 11.6 Å². The van der Waals surface area contributed by atoms with Crippen molar-refractivity contribution in [2.75, 3.05) is 13.0 Å². The minimum Gasteiger partial charge on any atom is -0.508 e. The molecule has 5 nitrogen and oxygen atoms in total. The number of azo groups is 1. The van der Waals surface area contributed by atoms with Gasteiger partial charge in [0.25, 0.3) is 0 Å². The molecule has 0 atom stereocenters. The second-order valence-corrected chi connectivity index (χ2v) is 3.36. The zero-order chi connectivity index (χ0) is 13.5. The van der Waals surface area contributed by atoms with E-state index in [2.05, 4.69) is 15.0 Å². The monoisotopic (exact) mass is 272 g/mol. The fourth-order valence-corrected chi connectivity index (χ4v) is 1.12. The van der Waals surface area contributed by atoms with Gasteiger partial charge in [-0.2, -0.15) is 5.11 Å². The molecule has 0 aliphatic rings. The Kier molecular flexibility index (Phi) is 5.26. The lowest BCUT2D eigenvalue weighted by atomic mass is 10.3. The number of ether oxygens (including phenoxy) is 1. The molecule has 1 rings (SSSR count). The standard InChI is InChI=1S/C11H10ClFN2O3/c1-18-11(17)10(9(16)6-12)15-14-8-4-2-7(13)3-5-8/h2-5,16H,6H2,1H3. The quantitative estimate of drug-likeness (QED) is 0.301. The maximum Gasteiger partial charge on any atom is 0.362 e. The van der Waals surface area contributed by atoms with Crippen molar-refractivity contribution in [2.24, 2.45) is 10.2 Å².